The topological polar surface area (TPSA) is 80.0 Å². The van der Waals surface area contributed by atoms with Crippen LogP contribution < -0.4 is 5.32 Å². The van der Waals surface area contributed by atoms with Crippen molar-refractivity contribution in [3.8, 4) is 0 Å². The normalized spacial score (nSPS) is 13.7. The maximum atomic E-state index is 12.6. The molecule has 1 aromatic carbocycles. The van der Waals surface area contributed by atoms with Crippen LogP contribution in [0.4, 0.5) is 5.69 Å². The lowest BCUT2D eigenvalue weighted by molar-refractivity contribution is -0.115. The third-order valence-corrected chi connectivity index (χ3v) is 5.23. The van der Waals surface area contributed by atoms with Crippen molar-refractivity contribution in [3.63, 3.8) is 0 Å². The van der Waals surface area contributed by atoms with E-state index in [9.17, 15) is 9.90 Å². The molecule has 0 saturated carbocycles. The van der Waals surface area contributed by atoms with Gasteiger partial charge in [-0.05, 0) is 24.5 Å². The number of aliphatic hydroxyl groups is 1. The van der Waals surface area contributed by atoms with E-state index in [0.717, 1.165) is 21.6 Å². The van der Waals surface area contributed by atoms with Gasteiger partial charge in [-0.2, -0.15) is 0 Å². The molecule has 1 amide bonds. The van der Waals surface area contributed by atoms with E-state index in [1.807, 2.05) is 30.5 Å². The molecule has 0 bridgehead atoms. The van der Waals surface area contributed by atoms with Crippen molar-refractivity contribution in [2.75, 3.05) is 11.6 Å². The fourth-order valence-corrected chi connectivity index (χ4v) is 3.72. The zero-order valence-corrected chi connectivity index (χ0v) is 15.1. The molecule has 0 spiro atoms. The molecular formula is C19H18N4O2S. The van der Waals surface area contributed by atoms with Crippen LogP contribution in [0.1, 0.15) is 18.7 Å². The molecule has 0 saturated heterocycles. The summed E-state index contributed by atoms with van der Waals surface area (Å²) in [5.41, 5.74) is 3.20. The molecule has 1 aliphatic heterocycles. The maximum Gasteiger partial charge on any atom is 0.229 e. The van der Waals surface area contributed by atoms with Gasteiger partial charge in [-0.3, -0.25) is 9.78 Å². The van der Waals surface area contributed by atoms with Gasteiger partial charge in [0, 0.05) is 35.8 Å². The molecule has 6 nitrogen and oxygen atoms in total. The second kappa shape index (κ2) is 6.84. The third-order valence-electron chi connectivity index (χ3n) is 4.46. The summed E-state index contributed by atoms with van der Waals surface area (Å²) in [6.45, 7) is 0.660. The predicted octanol–water partition coefficient (Wildman–Crippen LogP) is 3.85. The Balaban J connectivity index is 1.63. The lowest BCUT2D eigenvalue weighted by Gasteiger charge is -2.19. The van der Waals surface area contributed by atoms with E-state index in [2.05, 4.69) is 19.9 Å². The van der Waals surface area contributed by atoms with Crippen molar-refractivity contribution in [1.82, 2.24) is 14.5 Å². The number of aliphatic hydroxyl groups excluding tert-OH is 1. The monoisotopic (exact) mass is 366 g/mol. The summed E-state index contributed by atoms with van der Waals surface area (Å²) in [7, 11) is 0. The fraction of sp³-hybridized carbons (Fsp3) is 0.211. The van der Waals surface area contributed by atoms with Gasteiger partial charge in [0.1, 0.15) is 11.6 Å². The van der Waals surface area contributed by atoms with Gasteiger partial charge in [-0.25, -0.2) is 4.98 Å². The molecule has 1 aliphatic rings. The first-order valence-electron chi connectivity index (χ1n) is 8.32. The summed E-state index contributed by atoms with van der Waals surface area (Å²) in [6.07, 6.45) is 5.88. The van der Waals surface area contributed by atoms with E-state index in [-0.39, 0.29) is 18.1 Å². The van der Waals surface area contributed by atoms with E-state index in [0.29, 0.717) is 24.4 Å². The molecule has 132 valence electrons. The highest BCUT2D eigenvalue weighted by atomic mass is 32.2. The Bertz CT molecular complexity index is 1030. The second-order valence-electron chi connectivity index (χ2n) is 6.05. The standard InChI is InChI=1S/C19H18N4O2S/c1-26-17-11-20-8-6-14(17)21-18(25)10-12-16(24)7-9-23-15-5-3-2-4-13(15)22-19(12)23/h2-6,8,11,24H,7,9-10H2,1H3,(H,20,21,25). The average Bonchev–Trinajstić information content (AvgIpc) is 3.03. The van der Waals surface area contributed by atoms with E-state index in [1.54, 1.807) is 18.5 Å². The predicted molar refractivity (Wildman–Crippen MR) is 103 cm³/mol. The van der Waals surface area contributed by atoms with E-state index < -0.39 is 0 Å². The van der Waals surface area contributed by atoms with Crippen LogP contribution in [0.15, 0.2) is 53.4 Å². The number of aromatic nitrogens is 3. The zero-order chi connectivity index (χ0) is 18.1. The number of carbonyl (C=O) groups excluding carboxylic acids is 1. The Labute approximate surface area is 155 Å². The molecule has 2 aromatic heterocycles. The molecule has 0 aliphatic carbocycles. The van der Waals surface area contributed by atoms with Crippen molar-refractivity contribution < 1.29 is 9.90 Å². The molecule has 0 fully saturated rings. The highest BCUT2D eigenvalue weighted by molar-refractivity contribution is 7.98. The van der Waals surface area contributed by atoms with Crippen LogP contribution in [0.2, 0.25) is 0 Å². The van der Waals surface area contributed by atoms with Crippen LogP contribution >= 0.6 is 11.8 Å². The number of amides is 1. The molecule has 2 N–H and O–H groups in total. The minimum Gasteiger partial charge on any atom is -0.512 e. The van der Waals surface area contributed by atoms with E-state index in [1.165, 1.54) is 11.8 Å². The Morgan fingerprint density at radius 2 is 2.19 bits per heavy atom. The molecule has 0 atom stereocenters. The van der Waals surface area contributed by atoms with E-state index >= 15 is 0 Å². The van der Waals surface area contributed by atoms with Crippen molar-refractivity contribution in [2.24, 2.45) is 0 Å². The molecule has 4 rings (SSSR count). The molecule has 3 heterocycles. The average molecular weight is 366 g/mol. The van der Waals surface area contributed by atoms with Gasteiger partial charge in [-0.15, -0.1) is 11.8 Å². The molecule has 0 radical (unpaired) electrons. The number of fused-ring (bicyclic) bond motifs is 3. The van der Waals surface area contributed by atoms with Gasteiger partial charge in [0.15, 0.2) is 0 Å². The van der Waals surface area contributed by atoms with Crippen molar-refractivity contribution in [2.45, 2.75) is 24.3 Å². The lowest BCUT2D eigenvalue weighted by Crippen LogP contribution is -2.18. The number of imidazole rings is 1. The van der Waals surface area contributed by atoms with E-state index in [4.69, 9.17) is 0 Å². The number of nitrogens with one attached hydrogen (secondary N) is 1. The van der Waals surface area contributed by atoms with Gasteiger partial charge in [-0.1, -0.05) is 12.1 Å². The quantitative estimate of drug-likeness (QED) is 0.686. The number of hydrogen-bond acceptors (Lipinski definition) is 5. The molecule has 7 heteroatoms. The van der Waals surface area contributed by atoms with Crippen molar-refractivity contribution >= 4 is 40.0 Å². The Morgan fingerprint density at radius 1 is 1.35 bits per heavy atom. The third kappa shape index (κ3) is 2.94. The zero-order valence-electron chi connectivity index (χ0n) is 14.3. The molecule has 3 aromatic rings. The fourth-order valence-electron chi connectivity index (χ4n) is 3.21. The van der Waals surface area contributed by atoms with Crippen LogP contribution in [0, 0.1) is 0 Å². The first kappa shape index (κ1) is 16.7. The van der Waals surface area contributed by atoms with Crippen LogP contribution in [-0.2, 0) is 11.3 Å². The number of benzene rings is 1. The number of thioether (sulfide) groups is 1. The first-order valence-corrected chi connectivity index (χ1v) is 9.54. The number of nitrogens with zero attached hydrogens (tertiary/aromatic N) is 3. The van der Waals surface area contributed by atoms with Crippen molar-refractivity contribution in [3.05, 3.63) is 54.3 Å². The number of allylic oxidation sites excluding steroid dienone is 1. The Hall–Kier alpha value is -2.80. The summed E-state index contributed by atoms with van der Waals surface area (Å²) in [5, 5.41) is 13.3. The molecular weight excluding hydrogens is 348 g/mol. The number of anilines is 1. The Morgan fingerprint density at radius 3 is 3.04 bits per heavy atom. The van der Waals surface area contributed by atoms with Gasteiger partial charge >= 0.3 is 0 Å². The summed E-state index contributed by atoms with van der Waals surface area (Å²) in [5.74, 6) is 0.723. The Kier molecular flexibility index (Phi) is 4.38. The summed E-state index contributed by atoms with van der Waals surface area (Å²) in [6, 6.07) is 9.62. The lowest BCUT2D eigenvalue weighted by atomic mass is 10.0. The highest BCUT2D eigenvalue weighted by Crippen LogP contribution is 2.32. The maximum absolute atomic E-state index is 12.6. The number of rotatable bonds is 4. The van der Waals surface area contributed by atoms with Gasteiger partial charge in [0.05, 0.1) is 23.1 Å². The largest absolute Gasteiger partial charge is 0.512 e. The number of carbonyl (C=O) groups is 1. The highest BCUT2D eigenvalue weighted by Gasteiger charge is 2.24. The number of para-hydroxylation sites is 2. The summed E-state index contributed by atoms with van der Waals surface area (Å²) < 4.78 is 2.07. The summed E-state index contributed by atoms with van der Waals surface area (Å²) >= 11 is 1.52. The van der Waals surface area contributed by atoms with Crippen LogP contribution in [0.5, 0.6) is 0 Å². The molecule has 26 heavy (non-hydrogen) atoms. The number of aryl methyl sites for hydroxylation is 1. The van der Waals surface area contributed by atoms with Gasteiger partial charge in [0.25, 0.3) is 0 Å². The van der Waals surface area contributed by atoms with Crippen molar-refractivity contribution in [1.29, 1.82) is 0 Å². The van der Waals surface area contributed by atoms with Gasteiger partial charge in [0.2, 0.25) is 5.91 Å². The van der Waals surface area contributed by atoms with Crippen LogP contribution in [-0.4, -0.2) is 31.8 Å². The number of pyridine rings is 1. The smallest absolute Gasteiger partial charge is 0.229 e. The SMILES string of the molecule is CSc1cnccc1NC(=O)CC1=C(O)CCn2c1nc1ccccc12. The minimum absolute atomic E-state index is 0.0747. The first-order chi connectivity index (χ1) is 12.7. The van der Waals surface area contributed by atoms with Gasteiger partial charge < -0.3 is 15.0 Å². The summed E-state index contributed by atoms with van der Waals surface area (Å²) in [4.78, 5) is 22.2. The van der Waals surface area contributed by atoms with Crippen LogP contribution in [0.25, 0.3) is 16.6 Å². The second-order valence-corrected chi connectivity index (χ2v) is 6.90. The number of hydrogen-bond donors (Lipinski definition) is 2. The molecule has 0 unspecified atom stereocenters. The van der Waals surface area contributed by atoms with Crippen LogP contribution in [0.3, 0.4) is 0 Å². The minimum atomic E-state index is -0.187.